The molecule has 1 aromatic carbocycles. The molecule has 3 nitrogen and oxygen atoms in total. The van der Waals surface area contributed by atoms with E-state index >= 15 is 0 Å². The number of benzene rings is 1. The molecule has 17 heavy (non-hydrogen) atoms. The van der Waals surface area contributed by atoms with Gasteiger partial charge in [-0.3, -0.25) is 10.1 Å². The van der Waals surface area contributed by atoms with Crippen molar-refractivity contribution in [2.75, 3.05) is 11.5 Å². The van der Waals surface area contributed by atoms with Crippen LogP contribution in [0.1, 0.15) is 5.56 Å². The van der Waals surface area contributed by atoms with Gasteiger partial charge in [0.05, 0.1) is 9.40 Å². The van der Waals surface area contributed by atoms with Crippen molar-refractivity contribution in [1.82, 2.24) is 0 Å². The maximum Gasteiger partial charge on any atom is 0.283 e. The third-order valence-electron chi connectivity index (χ3n) is 2.86. The average Bonchev–Trinajstić information content (AvgIpc) is 2.67. The molecule has 2 atom stereocenters. The fourth-order valence-electron chi connectivity index (χ4n) is 1.91. The second-order valence-corrected chi connectivity index (χ2v) is 6.45. The van der Waals surface area contributed by atoms with Gasteiger partial charge in [0, 0.05) is 17.2 Å². The van der Waals surface area contributed by atoms with Crippen LogP contribution in [0.2, 0.25) is 0 Å². The Balaban J connectivity index is 2.21. The molecule has 0 aromatic heterocycles. The molecule has 2 unspecified atom stereocenters. The lowest BCUT2D eigenvalue weighted by molar-refractivity contribution is -0.385. The molecular weight excluding hydrogens is 326 g/mol. The van der Waals surface area contributed by atoms with Crippen LogP contribution >= 0.6 is 39.3 Å². The Labute approximate surface area is 117 Å². The van der Waals surface area contributed by atoms with Gasteiger partial charge < -0.3 is 0 Å². The lowest BCUT2D eigenvalue weighted by Gasteiger charge is -2.13. The quantitative estimate of drug-likeness (QED) is 0.478. The van der Waals surface area contributed by atoms with Gasteiger partial charge in [-0.05, 0) is 39.6 Å². The first-order valence-electron chi connectivity index (χ1n) is 5.23. The standard InChI is InChI=1S/C11H11BrClNO2S/c12-11-7(2-1-3-10(11)14(15)16)4-8-5-17-6-9(8)13/h1-3,8-9H,4-6H2. The number of rotatable bonds is 3. The smallest absolute Gasteiger partial charge is 0.258 e. The van der Waals surface area contributed by atoms with Crippen molar-refractivity contribution < 1.29 is 4.92 Å². The summed E-state index contributed by atoms with van der Waals surface area (Å²) in [7, 11) is 0. The van der Waals surface area contributed by atoms with E-state index in [2.05, 4.69) is 15.9 Å². The minimum Gasteiger partial charge on any atom is -0.258 e. The second-order valence-electron chi connectivity index (χ2n) is 4.03. The fourth-order valence-corrected chi connectivity index (χ4v) is 4.32. The van der Waals surface area contributed by atoms with Gasteiger partial charge in [-0.25, -0.2) is 0 Å². The van der Waals surface area contributed by atoms with Gasteiger partial charge in [0.1, 0.15) is 0 Å². The molecule has 1 aromatic rings. The third kappa shape index (κ3) is 2.95. The molecule has 1 saturated heterocycles. The van der Waals surface area contributed by atoms with Crippen molar-refractivity contribution in [1.29, 1.82) is 0 Å². The zero-order valence-electron chi connectivity index (χ0n) is 8.94. The summed E-state index contributed by atoms with van der Waals surface area (Å²) in [5.74, 6) is 2.40. The molecule has 0 spiro atoms. The summed E-state index contributed by atoms with van der Waals surface area (Å²) in [6, 6.07) is 5.16. The highest BCUT2D eigenvalue weighted by atomic mass is 79.9. The zero-order chi connectivity index (χ0) is 12.4. The summed E-state index contributed by atoms with van der Waals surface area (Å²) in [6.45, 7) is 0. The van der Waals surface area contributed by atoms with E-state index in [4.69, 9.17) is 11.6 Å². The van der Waals surface area contributed by atoms with Crippen molar-refractivity contribution in [2.24, 2.45) is 5.92 Å². The Kier molecular flexibility index (Phi) is 4.33. The molecule has 0 radical (unpaired) electrons. The number of nitro groups is 1. The van der Waals surface area contributed by atoms with E-state index in [-0.39, 0.29) is 16.0 Å². The van der Waals surface area contributed by atoms with Crippen LogP contribution in [0.4, 0.5) is 5.69 Å². The summed E-state index contributed by atoms with van der Waals surface area (Å²) in [5.41, 5.74) is 1.09. The largest absolute Gasteiger partial charge is 0.283 e. The molecule has 1 fully saturated rings. The van der Waals surface area contributed by atoms with E-state index in [9.17, 15) is 10.1 Å². The van der Waals surface area contributed by atoms with Crippen LogP contribution in [0, 0.1) is 16.0 Å². The minimum absolute atomic E-state index is 0.124. The Morgan fingerprint density at radius 1 is 1.53 bits per heavy atom. The van der Waals surface area contributed by atoms with Crippen molar-refractivity contribution in [3.63, 3.8) is 0 Å². The van der Waals surface area contributed by atoms with Crippen LogP contribution in [-0.2, 0) is 6.42 Å². The third-order valence-corrected chi connectivity index (χ3v) is 5.73. The molecule has 92 valence electrons. The monoisotopic (exact) mass is 335 g/mol. The van der Waals surface area contributed by atoms with Crippen LogP contribution in [0.3, 0.4) is 0 Å². The maximum atomic E-state index is 10.8. The molecule has 0 amide bonds. The van der Waals surface area contributed by atoms with Crippen LogP contribution in [0.5, 0.6) is 0 Å². The van der Waals surface area contributed by atoms with Crippen molar-refractivity contribution in [3.05, 3.63) is 38.3 Å². The Morgan fingerprint density at radius 3 is 2.88 bits per heavy atom. The molecule has 1 aliphatic rings. The number of thioether (sulfide) groups is 1. The van der Waals surface area contributed by atoms with E-state index < -0.39 is 0 Å². The molecule has 0 bridgehead atoms. The van der Waals surface area contributed by atoms with Crippen LogP contribution in [0.25, 0.3) is 0 Å². The Morgan fingerprint density at radius 2 is 2.29 bits per heavy atom. The lowest BCUT2D eigenvalue weighted by Crippen LogP contribution is -2.15. The van der Waals surface area contributed by atoms with Crippen molar-refractivity contribution in [3.8, 4) is 0 Å². The van der Waals surface area contributed by atoms with Gasteiger partial charge in [-0.15, -0.1) is 11.6 Å². The second kappa shape index (κ2) is 5.59. The van der Waals surface area contributed by atoms with Crippen LogP contribution in [0.15, 0.2) is 22.7 Å². The first-order chi connectivity index (χ1) is 8.09. The van der Waals surface area contributed by atoms with Crippen molar-refractivity contribution in [2.45, 2.75) is 11.8 Å². The number of nitrogens with zero attached hydrogens (tertiary/aromatic N) is 1. The number of alkyl halides is 1. The molecule has 0 aliphatic carbocycles. The predicted molar refractivity (Wildman–Crippen MR) is 75.0 cm³/mol. The number of hydrogen-bond donors (Lipinski definition) is 0. The molecule has 1 aliphatic heterocycles. The number of halogens is 2. The predicted octanol–water partition coefficient (Wildman–Crippen LogP) is 3.87. The Hall–Kier alpha value is -0.260. The maximum absolute atomic E-state index is 10.8. The van der Waals surface area contributed by atoms with E-state index in [1.807, 2.05) is 17.8 Å². The van der Waals surface area contributed by atoms with Gasteiger partial charge in [-0.2, -0.15) is 11.8 Å². The highest BCUT2D eigenvalue weighted by molar-refractivity contribution is 9.10. The lowest BCUT2D eigenvalue weighted by atomic mass is 9.98. The van der Waals surface area contributed by atoms with Gasteiger partial charge in [0.2, 0.25) is 0 Å². The van der Waals surface area contributed by atoms with Crippen LogP contribution < -0.4 is 0 Å². The van der Waals surface area contributed by atoms with E-state index in [1.165, 1.54) is 6.07 Å². The first kappa shape index (κ1) is 13.2. The average molecular weight is 337 g/mol. The number of nitro benzene ring substituents is 1. The SMILES string of the molecule is O=[N+]([O-])c1cccc(CC2CSCC2Cl)c1Br. The van der Waals surface area contributed by atoms with Gasteiger partial charge in [0.25, 0.3) is 5.69 Å². The minimum atomic E-state index is -0.366. The zero-order valence-corrected chi connectivity index (χ0v) is 12.1. The summed E-state index contributed by atoms with van der Waals surface area (Å²) < 4.78 is 0.589. The molecule has 2 rings (SSSR count). The molecule has 1 heterocycles. The van der Waals surface area contributed by atoms with Crippen LogP contribution in [-0.4, -0.2) is 21.8 Å². The fraction of sp³-hybridized carbons (Fsp3) is 0.455. The topological polar surface area (TPSA) is 43.1 Å². The Bertz CT molecular complexity index is 443. The highest BCUT2D eigenvalue weighted by Gasteiger charge is 2.27. The summed E-state index contributed by atoms with van der Waals surface area (Å²) in [4.78, 5) is 10.5. The molecular formula is C11H11BrClNO2S. The normalized spacial score (nSPS) is 23.9. The van der Waals surface area contributed by atoms with E-state index in [0.717, 1.165) is 23.5 Å². The first-order valence-corrected chi connectivity index (χ1v) is 7.61. The van der Waals surface area contributed by atoms with Gasteiger partial charge >= 0.3 is 0 Å². The van der Waals surface area contributed by atoms with E-state index in [0.29, 0.717) is 10.4 Å². The summed E-state index contributed by atoms with van der Waals surface area (Å²) in [5, 5.41) is 11.0. The van der Waals surface area contributed by atoms with Gasteiger partial charge in [0.15, 0.2) is 0 Å². The summed E-state index contributed by atoms with van der Waals surface area (Å²) in [6.07, 6.45) is 0.795. The van der Waals surface area contributed by atoms with E-state index in [1.54, 1.807) is 6.07 Å². The highest BCUT2D eigenvalue weighted by Crippen LogP contribution is 2.35. The molecule has 0 saturated carbocycles. The summed E-state index contributed by atoms with van der Waals surface area (Å²) >= 11 is 11.4. The van der Waals surface area contributed by atoms with Crippen molar-refractivity contribution >= 4 is 45.0 Å². The molecule has 0 N–H and O–H groups in total. The molecule has 6 heteroatoms. The number of hydrogen-bond acceptors (Lipinski definition) is 3. The van der Waals surface area contributed by atoms with Gasteiger partial charge in [-0.1, -0.05) is 12.1 Å².